The largest absolute Gasteiger partial charge is 0.334 e. The van der Waals surface area contributed by atoms with Gasteiger partial charge in [0.1, 0.15) is 11.1 Å². The van der Waals surface area contributed by atoms with Crippen LogP contribution in [0.4, 0.5) is 9.18 Å². The Morgan fingerprint density at radius 3 is 2.32 bits per heavy atom. The maximum Gasteiger partial charge on any atom is 0.317 e. The lowest BCUT2D eigenvalue weighted by molar-refractivity contribution is 0.169. The van der Waals surface area contributed by atoms with E-state index in [-0.39, 0.29) is 24.0 Å². The van der Waals surface area contributed by atoms with Gasteiger partial charge >= 0.3 is 6.03 Å². The minimum atomic E-state index is -3.56. The van der Waals surface area contributed by atoms with Crippen LogP contribution in [0.3, 0.4) is 0 Å². The van der Waals surface area contributed by atoms with Crippen molar-refractivity contribution >= 4 is 27.5 Å². The number of carbonyl (C=O) groups excluding carboxylic acids is 1. The lowest BCUT2D eigenvalue weighted by atomic mass is 10.2. The number of hydrogen-bond acceptors (Lipinski definition) is 3. The van der Waals surface area contributed by atoms with Gasteiger partial charge in [0.25, 0.3) is 0 Å². The van der Waals surface area contributed by atoms with E-state index in [1.165, 1.54) is 17.0 Å². The van der Waals surface area contributed by atoms with Crippen molar-refractivity contribution in [3.63, 3.8) is 0 Å². The van der Waals surface area contributed by atoms with Gasteiger partial charge < -0.3 is 10.2 Å². The van der Waals surface area contributed by atoms with Gasteiger partial charge in [-0.15, -0.1) is 0 Å². The molecule has 0 spiro atoms. The van der Waals surface area contributed by atoms with Crippen LogP contribution in [0.5, 0.6) is 0 Å². The highest BCUT2D eigenvalue weighted by Crippen LogP contribution is 2.24. The van der Waals surface area contributed by atoms with Crippen molar-refractivity contribution in [1.82, 2.24) is 10.2 Å². The van der Waals surface area contributed by atoms with E-state index in [2.05, 4.69) is 5.32 Å². The number of carbonyl (C=O) groups is 1. The molecule has 0 radical (unpaired) electrons. The Bertz CT molecular complexity index is 864. The molecule has 8 heteroatoms. The molecule has 132 valence electrons. The molecule has 5 nitrogen and oxygen atoms in total. The summed E-state index contributed by atoms with van der Waals surface area (Å²) in [6.45, 7) is 0.570. The molecule has 2 aromatic rings. The van der Waals surface area contributed by atoms with Crippen molar-refractivity contribution < 1.29 is 17.6 Å². The summed E-state index contributed by atoms with van der Waals surface area (Å²) in [4.78, 5) is 13.6. The fourth-order valence-corrected chi connectivity index (χ4v) is 4.29. The summed E-state index contributed by atoms with van der Waals surface area (Å²) in [5.74, 6) is -0.490. The first-order valence-corrected chi connectivity index (χ1v) is 9.55. The van der Waals surface area contributed by atoms with E-state index in [0.29, 0.717) is 11.6 Å². The number of rotatable bonds is 4. The molecular weight excluding hydrogens is 367 g/mol. The van der Waals surface area contributed by atoms with E-state index < -0.39 is 20.9 Å². The summed E-state index contributed by atoms with van der Waals surface area (Å²) in [5, 5.41) is 2.69. The average Bonchev–Trinajstić information content (AvgIpc) is 2.53. The van der Waals surface area contributed by atoms with Crippen molar-refractivity contribution in [3.8, 4) is 0 Å². The van der Waals surface area contributed by atoms with Gasteiger partial charge in [-0.1, -0.05) is 23.7 Å². The minimum absolute atomic E-state index is 0.0696. The van der Waals surface area contributed by atoms with Gasteiger partial charge in [-0.25, -0.2) is 17.6 Å². The second-order valence-electron chi connectivity index (χ2n) is 5.81. The number of benzene rings is 2. The van der Waals surface area contributed by atoms with E-state index >= 15 is 0 Å². The van der Waals surface area contributed by atoms with Crippen LogP contribution in [0, 0.1) is 5.82 Å². The Labute approximate surface area is 150 Å². The molecule has 0 unspecified atom stereocenters. The van der Waals surface area contributed by atoms with Gasteiger partial charge in [-0.3, -0.25) is 0 Å². The number of halogens is 2. The topological polar surface area (TPSA) is 66.5 Å². The third-order valence-electron chi connectivity index (χ3n) is 4.07. The zero-order valence-corrected chi connectivity index (χ0v) is 14.7. The van der Waals surface area contributed by atoms with Gasteiger partial charge in [0.2, 0.25) is 0 Å². The number of urea groups is 1. The van der Waals surface area contributed by atoms with Crippen LogP contribution in [0.1, 0.15) is 5.56 Å². The fraction of sp³-hybridized carbons (Fsp3) is 0.235. The van der Waals surface area contributed by atoms with Crippen molar-refractivity contribution in [2.24, 2.45) is 0 Å². The van der Waals surface area contributed by atoms with Crippen LogP contribution in [-0.4, -0.2) is 37.7 Å². The Hall–Kier alpha value is -2.12. The van der Waals surface area contributed by atoms with E-state index in [1.807, 2.05) is 0 Å². The molecule has 0 bridgehead atoms. The molecule has 1 fully saturated rings. The first-order valence-electron chi connectivity index (χ1n) is 7.63. The summed E-state index contributed by atoms with van der Waals surface area (Å²) in [7, 11) is -3.56. The number of sulfone groups is 1. The summed E-state index contributed by atoms with van der Waals surface area (Å²) >= 11 is 5.80. The minimum Gasteiger partial charge on any atom is -0.334 e. The second-order valence-corrected chi connectivity index (χ2v) is 8.48. The van der Waals surface area contributed by atoms with Crippen molar-refractivity contribution in [3.05, 3.63) is 64.9 Å². The number of hydrogen-bond donors (Lipinski definition) is 1. The predicted octanol–water partition coefficient (Wildman–Crippen LogP) is 2.85. The lowest BCUT2D eigenvalue weighted by Gasteiger charge is -2.38. The third-order valence-corrected chi connectivity index (χ3v) is 6.43. The van der Waals surface area contributed by atoms with Gasteiger partial charge in [0.05, 0.1) is 4.90 Å². The van der Waals surface area contributed by atoms with Crippen LogP contribution in [-0.2, 0) is 16.4 Å². The molecule has 3 rings (SSSR count). The normalized spacial score (nSPS) is 14.9. The predicted molar refractivity (Wildman–Crippen MR) is 92.6 cm³/mol. The van der Waals surface area contributed by atoms with Crippen LogP contribution < -0.4 is 5.32 Å². The standard InChI is InChI=1S/C17H16ClFN2O3S/c18-13-3-1-12(2-4-13)9-20-17(22)21-10-16(11-21)25(23,24)15-7-5-14(19)6-8-15/h1-8,16H,9-11H2,(H,20,22). The van der Waals surface area contributed by atoms with Gasteiger partial charge in [-0.2, -0.15) is 0 Å². The highest BCUT2D eigenvalue weighted by molar-refractivity contribution is 7.92. The molecule has 0 saturated carbocycles. The molecule has 1 heterocycles. The lowest BCUT2D eigenvalue weighted by Crippen LogP contribution is -2.59. The average molecular weight is 383 g/mol. The summed E-state index contributed by atoms with van der Waals surface area (Å²) in [6.07, 6.45) is 0. The number of likely N-dealkylation sites (tertiary alicyclic amines) is 1. The Balaban J connectivity index is 1.53. The third kappa shape index (κ3) is 3.93. The molecule has 1 saturated heterocycles. The highest BCUT2D eigenvalue weighted by atomic mass is 35.5. The van der Waals surface area contributed by atoms with E-state index in [9.17, 15) is 17.6 Å². The van der Waals surface area contributed by atoms with Gasteiger partial charge in [-0.05, 0) is 42.0 Å². The van der Waals surface area contributed by atoms with Crippen molar-refractivity contribution in [1.29, 1.82) is 0 Å². The van der Waals surface area contributed by atoms with Crippen LogP contribution >= 0.6 is 11.6 Å². The first kappa shape index (κ1) is 17.7. The Morgan fingerprint density at radius 1 is 1.12 bits per heavy atom. The molecule has 2 aromatic carbocycles. The van der Waals surface area contributed by atoms with Gasteiger partial charge in [0.15, 0.2) is 9.84 Å². The molecule has 1 N–H and O–H groups in total. The quantitative estimate of drug-likeness (QED) is 0.827. The van der Waals surface area contributed by atoms with Crippen LogP contribution in [0.25, 0.3) is 0 Å². The smallest absolute Gasteiger partial charge is 0.317 e. The van der Waals surface area contributed by atoms with Crippen molar-refractivity contribution in [2.75, 3.05) is 13.1 Å². The SMILES string of the molecule is O=C(NCc1ccc(Cl)cc1)N1CC(S(=O)(=O)c2ccc(F)cc2)C1. The second kappa shape index (κ2) is 7.01. The Kier molecular flexibility index (Phi) is 4.96. The van der Waals surface area contributed by atoms with E-state index in [1.54, 1.807) is 24.3 Å². The zero-order chi connectivity index (χ0) is 18.0. The van der Waals surface area contributed by atoms with Gasteiger partial charge in [0, 0.05) is 24.7 Å². The molecule has 0 aromatic heterocycles. The summed E-state index contributed by atoms with van der Waals surface area (Å²) < 4.78 is 37.7. The number of amides is 2. The summed E-state index contributed by atoms with van der Waals surface area (Å²) in [5.41, 5.74) is 0.897. The monoisotopic (exact) mass is 382 g/mol. The molecule has 1 aliphatic rings. The molecule has 0 atom stereocenters. The molecule has 0 aliphatic carbocycles. The van der Waals surface area contributed by atoms with Crippen molar-refractivity contribution in [2.45, 2.75) is 16.7 Å². The molecule has 25 heavy (non-hydrogen) atoms. The van der Waals surface area contributed by atoms with Crippen LogP contribution in [0.15, 0.2) is 53.4 Å². The fourth-order valence-electron chi connectivity index (χ4n) is 2.51. The maximum absolute atomic E-state index is 12.9. The van der Waals surface area contributed by atoms with Crippen LogP contribution in [0.2, 0.25) is 5.02 Å². The summed E-state index contributed by atoms with van der Waals surface area (Å²) in [6, 6.07) is 11.5. The zero-order valence-electron chi connectivity index (χ0n) is 13.2. The molecule has 2 amide bonds. The highest BCUT2D eigenvalue weighted by Gasteiger charge is 2.40. The van der Waals surface area contributed by atoms with E-state index in [4.69, 9.17) is 11.6 Å². The number of nitrogens with one attached hydrogen (secondary N) is 1. The maximum atomic E-state index is 12.9. The number of nitrogens with zero attached hydrogens (tertiary/aromatic N) is 1. The molecule has 1 aliphatic heterocycles. The van der Waals surface area contributed by atoms with E-state index in [0.717, 1.165) is 17.7 Å². The Morgan fingerprint density at radius 2 is 1.72 bits per heavy atom. The first-order chi connectivity index (χ1) is 11.9. The molecular formula is C17H16ClFN2O3S.